The number of nitrogens with two attached hydrogens (primary N) is 2. The molecule has 34 heteroatoms. The Morgan fingerprint density at radius 2 is 1.27 bits per heavy atom. The number of carboxylic acids is 2. The number of imidazole rings is 1. The fourth-order valence-electron chi connectivity index (χ4n) is 10.3. The largest absolute Gasteiger partial charge is 0.481 e. The first-order valence-corrected chi connectivity index (χ1v) is 34.0. The van der Waals surface area contributed by atoms with Gasteiger partial charge in [-0.25, -0.2) is 9.97 Å². The van der Waals surface area contributed by atoms with Crippen LogP contribution in [-0.4, -0.2) is 187 Å². The number of carbonyl (C=O) groups is 15. The molecule has 1 aliphatic rings. The van der Waals surface area contributed by atoms with E-state index < -0.39 is 181 Å². The third-order valence-electron chi connectivity index (χ3n) is 16.4. The monoisotopic (exact) mass is 1400 g/mol. The molecule has 0 aliphatic carbocycles. The van der Waals surface area contributed by atoms with E-state index in [0.717, 1.165) is 11.3 Å². The van der Waals surface area contributed by atoms with E-state index in [2.05, 4.69) is 73.4 Å². The number of Topliss-reactive ketones (excluding diaryl/α,β-unsaturated/α-hetero) is 1. The molecular weight excluding hydrogens is 1310 g/mol. The van der Waals surface area contributed by atoms with Crippen LogP contribution in [0.15, 0.2) is 48.2 Å². The van der Waals surface area contributed by atoms with E-state index in [0.29, 0.717) is 12.0 Å². The molecule has 0 bridgehead atoms. The standard InChI is InChI=1S/C65H96N16O17S/c1-9-35(7)52-64(98)78-43(26-37-17-12-11-13-18-37)59(93)75-44(27-38-30-68-32-70-38)60(94)77-46(29-50(85)86)61(95)76-45(28-48(67)82)54(88)69-24-15-14-19-39(55(89)71-40(20-16-23-66)56(90)81-52)73-63(97)51(34(5)6)80-57(91)41(21-22-49(83)84)72-58(92)42(25-33(3)4)74-62(96)47-31-99-65(79-47)53(87)36(8)10-2/h11-13,17-18,30-36,39-46,51-52H,9-10,14-16,19-29,66H2,1-8H3,(H2,67,82)(H,68,70)(H,69,88)(H,71,89)(H,72,92)(H,73,97)(H,74,96)(H,75,93)(H,76,95)(H,77,94)(H,78,98)(H,80,91)(H,81,90)(H,83,84)(H,85,86)/t35-,36-,39-,40+,41+,42-,43+,44-,45-,46+,51-,52-/m0/s1. The first-order chi connectivity index (χ1) is 46.8. The quantitative estimate of drug-likeness (QED) is 0.0358. The summed E-state index contributed by atoms with van der Waals surface area (Å²) in [7, 11) is 0. The second-order valence-corrected chi connectivity index (χ2v) is 26.1. The number of nitrogens with zero attached hydrogens (tertiary/aromatic N) is 2. The predicted octanol–water partition coefficient (Wildman–Crippen LogP) is -0.956. The minimum atomic E-state index is -1.95. The van der Waals surface area contributed by atoms with E-state index in [9.17, 15) is 82.1 Å². The number of hydrogen-bond acceptors (Lipinski definition) is 19. The van der Waals surface area contributed by atoms with Crippen LogP contribution in [-0.2, 0) is 75.2 Å². The molecule has 0 saturated carbocycles. The van der Waals surface area contributed by atoms with Crippen LogP contribution in [0.4, 0.5) is 0 Å². The van der Waals surface area contributed by atoms with Gasteiger partial charge in [-0.15, -0.1) is 11.3 Å². The van der Waals surface area contributed by atoms with Gasteiger partial charge in [-0.1, -0.05) is 92.1 Å². The van der Waals surface area contributed by atoms with Crippen LogP contribution in [0.5, 0.6) is 0 Å². The van der Waals surface area contributed by atoms with Crippen molar-refractivity contribution in [2.45, 2.75) is 206 Å². The first kappa shape index (κ1) is 81.7. The third kappa shape index (κ3) is 27.2. The van der Waals surface area contributed by atoms with Gasteiger partial charge in [0.2, 0.25) is 65.0 Å². The predicted molar refractivity (Wildman–Crippen MR) is 359 cm³/mol. The molecule has 3 aromatic rings. The Labute approximate surface area is 577 Å². The molecule has 2 aromatic heterocycles. The van der Waals surface area contributed by atoms with Crippen molar-refractivity contribution in [2.75, 3.05) is 13.1 Å². The highest BCUT2D eigenvalue weighted by atomic mass is 32.1. The number of carbonyl (C=O) groups excluding carboxylic acids is 13. The minimum Gasteiger partial charge on any atom is -0.481 e. The second kappa shape index (κ2) is 40.9. The Balaban J connectivity index is 1.76. The summed E-state index contributed by atoms with van der Waals surface area (Å²) in [4.78, 5) is 218. The van der Waals surface area contributed by atoms with E-state index in [4.69, 9.17) is 11.5 Å². The number of primary amides is 1. The number of nitrogens with one attached hydrogen (secondary N) is 12. The highest BCUT2D eigenvalue weighted by Crippen LogP contribution is 2.19. The van der Waals surface area contributed by atoms with Crippen molar-refractivity contribution in [1.29, 1.82) is 0 Å². The summed E-state index contributed by atoms with van der Waals surface area (Å²) < 4.78 is 0. The minimum absolute atomic E-state index is 0.00803. The summed E-state index contributed by atoms with van der Waals surface area (Å²) in [5.41, 5.74) is 12.1. The summed E-state index contributed by atoms with van der Waals surface area (Å²) in [6.07, 6.45) is -0.360. The molecule has 18 N–H and O–H groups in total. The molecule has 0 radical (unpaired) electrons. The second-order valence-electron chi connectivity index (χ2n) is 25.3. The number of hydrogen-bond donors (Lipinski definition) is 16. The number of aromatic amines is 1. The Bertz CT molecular complexity index is 3290. The van der Waals surface area contributed by atoms with E-state index >= 15 is 0 Å². The van der Waals surface area contributed by atoms with E-state index in [1.54, 1.807) is 78.8 Å². The third-order valence-corrected chi connectivity index (χ3v) is 17.3. The maximum absolute atomic E-state index is 14.8. The van der Waals surface area contributed by atoms with Crippen molar-refractivity contribution in [2.24, 2.45) is 35.1 Å². The summed E-state index contributed by atoms with van der Waals surface area (Å²) in [5.74, 6) is -17.0. The number of thiazole rings is 1. The number of rotatable bonds is 30. The van der Waals surface area contributed by atoms with Gasteiger partial charge in [0.25, 0.3) is 5.91 Å². The number of carboxylic acid groups (broad SMARTS) is 2. The lowest BCUT2D eigenvalue weighted by molar-refractivity contribution is -0.142. The zero-order valence-corrected chi connectivity index (χ0v) is 57.8. The number of ketones is 1. The number of benzene rings is 1. The van der Waals surface area contributed by atoms with Crippen LogP contribution in [0.2, 0.25) is 0 Å². The Morgan fingerprint density at radius 3 is 1.86 bits per heavy atom. The normalized spacial score (nSPS) is 21.1. The maximum Gasteiger partial charge on any atom is 0.305 e. The lowest BCUT2D eigenvalue weighted by Gasteiger charge is -2.30. The SMILES string of the molecule is CC[C@H](C)C(=O)c1nc(C(=O)N[C@@H](CC(C)C)C(=O)N[C@H](CCC(=O)O)C(=O)N[C@H](C(=O)N[C@H]2CCCCNC(=O)[C@H](CC(N)=O)NC(=O)[C@@H](CC(=O)O)NC(=O)[C@H](Cc3cnc[nH]3)NC(=O)[C@@H](Cc3ccccc3)NC(=O)[C@H]([C@@H](C)CC)NC(=O)[C@@H](CCCN)NC2=O)C(C)C)cs1. The fraction of sp³-hybridized carbons (Fsp3) is 0.585. The average molecular weight is 1410 g/mol. The summed E-state index contributed by atoms with van der Waals surface area (Å²) >= 11 is 0.959. The van der Waals surface area contributed by atoms with E-state index in [1.165, 1.54) is 17.9 Å². The molecule has 0 spiro atoms. The molecule has 12 atom stereocenters. The lowest BCUT2D eigenvalue weighted by atomic mass is 9.96. The summed E-state index contributed by atoms with van der Waals surface area (Å²) in [6.45, 7) is 13.3. The molecule has 99 heavy (non-hydrogen) atoms. The first-order valence-electron chi connectivity index (χ1n) is 33.1. The van der Waals surface area contributed by atoms with Crippen LogP contribution in [0, 0.1) is 23.7 Å². The van der Waals surface area contributed by atoms with Gasteiger partial charge in [-0.3, -0.25) is 71.9 Å². The zero-order chi connectivity index (χ0) is 73.6. The Morgan fingerprint density at radius 1 is 0.667 bits per heavy atom. The summed E-state index contributed by atoms with van der Waals surface area (Å²) in [6, 6.07) is -7.34. The number of amides is 12. The van der Waals surface area contributed by atoms with Gasteiger partial charge in [0.1, 0.15) is 66.1 Å². The molecule has 1 aromatic carbocycles. The number of aliphatic carboxylic acids is 2. The van der Waals surface area contributed by atoms with Crippen molar-refractivity contribution >= 4 is 99.9 Å². The van der Waals surface area contributed by atoms with Gasteiger partial charge in [0.15, 0.2) is 10.8 Å². The van der Waals surface area contributed by atoms with Gasteiger partial charge in [0.05, 0.1) is 19.2 Å². The van der Waals surface area contributed by atoms with Crippen molar-refractivity contribution in [1.82, 2.24) is 73.4 Å². The van der Waals surface area contributed by atoms with Gasteiger partial charge in [-0.2, -0.15) is 0 Å². The molecular formula is C65H96N16O17S. The number of H-pyrrole nitrogens is 1. The van der Waals surface area contributed by atoms with Gasteiger partial charge >= 0.3 is 11.9 Å². The Kier molecular flexibility index (Phi) is 33.7. The van der Waals surface area contributed by atoms with Crippen molar-refractivity contribution in [3.05, 3.63) is 70.2 Å². The van der Waals surface area contributed by atoms with Crippen LogP contribution in [0.25, 0.3) is 0 Å². The zero-order valence-electron chi connectivity index (χ0n) is 57.0. The van der Waals surface area contributed by atoms with Crippen molar-refractivity contribution < 1.29 is 82.1 Å². The van der Waals surface area contributed by atoms with Crippen LogP contribution in [0.3, 0.4) is 0 Å². The summed E-state index contributed by atoms with van der Waals surface area (Å²) in [5, 5.41) is 49.4. The van der Waals surface area contributed by atoms with Crippen molar-refractivity contribution in [3.63, 3.8) is 0 Å². The molecule has 544 valence electrons. The maximum atomic E-state index is 14.8. The molecule has 1 aliphatic heterocycles. The molecule has 1 saturated heterocycles. The number of aromatic nitrogens is 3. The molecule has 4 rings (SSSR count). The highest BCUT2D eigenvalue weighted by Gasteiger charge is 2.39. The van der Waals surface area contributed by atoms with E-state index in [1.807, 2.05) is 6.92 Å². The van der Waals surface area contributed by atoms with Gasteiger partial charge < -0.3 is 85.1 Å². The smallest absolute Gasteiger partial charge is 0.305 e. The van der Waals surface area contributed by atoms with Crippen LogP contribution >= 0.6 is 11.3 Å². The molecule has 33 nitrogen and oxygen atoms in total. The van der Waals surface area contributed by atoms with Crippen LogP contribution < -0.4 is 70.0 Å². The average Bonchev–Trinajstić information content (AvgIpc) is 1.72. The van der Waals surface area contributed by atoms with Crippen LogP contribution in [0.1, 0.15) is 164 Å². The van der Waals surface area contributed by atoms with Crippen molar-refractivity contribution in [3.8, 4) is 0 Å². The Hall–Kier alpha value is -9.73. The molecule has 0 unspecified atom stereocenters. The fourth-order valence-corrected chi connectivity index (χ4v) is 11.2. The van der Waals surface area contributed by atoms with E-state index in [-0.39, 0.29) is 105 Å². The topological polar surface area (TPSA) is 522 Å². The van der Waals surface area contributed by atoms with Gasteiger partial charge in [-0.05, 0) is 81.2 Å². The molecule has 12 amide bonds. The molecule has 1 fully saturated rings. The van der Waals surface area contributed by atoms with Gasteiger partial charge in [0, 0.05) is 49.0 Å². The lowest BCUT2D eigenvalue weighted by Crippen LogP contribution is -2.62. The highest BCUT2D eigenvalue weighted by molar-refractivity contribution is 7.12. The molecule has 3 heterocycles.